The third kappa shape index (κ3) is 4.60. The second kappa shape index (κ2) is 7.83. The van der Waals surface area contributed by atoms with Crippen molar-refractivity contribution in [2.75, 3.05) is 6.61 Å². The lowest BCUT2D eigenvalue weighted by Crippen LogP contribution is -2.30. The van der Waals surface area contributed by atoms with E-state index in [0.29, 0.717) is 12.8 Å². The number of carbonyl (C=O) groups is 1. The summed E-state index contributed by atoms with van der Waals surface area (Å²) in [5.41, 5.74) is 0.867. The summed E-state index contributed by atoms with van der Waals surface area (Å²) >= 11 is 0. The summed E-state index contributed by atoms with van der Waals surface area (Å²) in [4.78, 5) is 11.8. The van der Waals surface area contributed by atoms with Crippen molar-refractivity contribution in [1.29, 1.82) is 0 Å². The number of amides is 1. The Labute approximate surface area is 121 Å². The predicted molar refractivity (Wildman–Crippen MR) is 73.0 cm³/mol. The summed E-state index contributed by atoms with van der Waals surface area (Å²) in [6, 6.07) is 0.501. The van der Waals surface area contributed by atoms with Crippen LogP contribution in [0.15, 0.2) is 23.8 Å². The first kappa shape index (κ1) is 17.2. The Morgan fingerprint density at radius 3 is 2.19 bits per heavy atom. The number of allylic oxidation sites excluding steroid dienone is 1. The van der Waals surface area contributed by atoms with Crippen LogP contribution in [0.4, 0.5) is 13.2 Å². The Balaban J connectivity index is 2.94. The molecule has 1 atom stereocenters. The molecule has 21 heavy (non-hydrogen) atoms. The molecule has 116 valence electrons. The van der Waals surface area contributed by atoms with Crippen LogP contribution >= 0.6 is 0 Å². The van der Waals surface area contributed by atoms with Gasteiger partial charge in [0, 0.05) is 6.08 Å². The van der Waals surface area contributed by atoms with E-state index in [1.807, 2.05) is 13.8 Å². The number of halogens is 3. The van der Waals surface area contributed by atoms with Gasteiger partial charge < -0.3 is 10.4 Å². The van der Waals surface area contributed by atoms with Crippen LogP contribution in [0.5, 0.6) is 0 Å². The number of aliphatic hydroxyl groups excluding tert-OH is 1. The van der Waals surface area contributed by atoms with Crippen LogP contribution in [0.1, 0.15) is 38.3 Å². The monoisotopic (exact) mass is 301 g/mol. The highest BCUT2D eigenvalue weighted by Gasteiger charge is 2.18. The average molecular weight is 301 g/mol. The lowest BCUT2D eigenvalue weighted by molar-refractivity contribution is -0.117. The van der Waals surface area contributed by atoms with Gasteiger partial charge in [-0.15, -0.1) is 0 Å². The number of hydrogen-bond donors (Lipinski definition) is 2. The lowest BCUT2D eigenvalue weighted by Gasteiger charge is -2.16. The van der Waals surface area contributed by atoms with Gasteiger partial charge >= 0.3 is 0 Å². The highest BCUT2D eigenvalue weighted by molar-refractivity contribution is 5.88. The third-order valence-electron chi connectivity index (χ3n) is 3.15. The van der Waals surface area contributed by atoms with E-state index in [9.17, 15) is 23.1 Å². The zero-order chi connectivity index (χ0) is 16.0. The van der Waals surface area contributed by atoms with Crippen molar-refractivity contribution < 1.29 is 23.1 Å². The van der Waals surface area contributed by atoms with Crippen LogP contribution in [-0.4, -0.2) is 17.6 Å². The van der Waals surface area contributed by atoms with Crippen molar-refractivity contribution in [2.45, 2.75) is 32.7 Å². The number of rotatable bonds is 6. The SMILES string of the molecule is CCC(=CC(=O)NC(CO)c1cc(F)c(F)c(F)c1)CC. The van der Waals surface area contributed by atoms with E-state index in [2.05, 4.69) is 5.32 Å². The fraction of sp³-hybridized carbons (Fsp3) is 0.400. The number of benzene rings is 1. The quantitative estimate of drug-likeness (QED) is 0.627. The van der Waals surface area contributed by atoms with Crippen LogP contribution in [0.3, 0.4) is 0 Å². The van der Waals surface area contributed by atoms with Gasteiger partial charge in [0.1, 0.15) is 0 Å². The summed E-state index contributed by atoms with van der Waals surface area (Å²) in [7, 11) is 0. The third-order valence-corrected chi connectivity index (χ3v) is 3.15. The maximum absolute atomic E-state index is 13.2. The molecule has 1 rings (SSSR count). The highest BCUT2D eigenvalue weighted by Crippen LogP contribution is 2.19. The molecule has 0 bridgehead atoms. The van der Waals surface area contributed by atoms with Gasteiger partial charge in [-0.3, -0.25) is 4.79 Å². The van der Waals surface area contributed by atoms with Gasteiger partial charge in [-0.25, -0.2) is 13.2 Å². The van der Waals surface area contributed by atoms with Crippen LogP contribution in [0.2, 0.25) is 0 Å². The predicted octanol–water partition coefficient (Wildman–Crippen LogP) is 3.00. The Hall–Kier alpha value is -1.82. The molecule has 3 nitrogen and oxygen atoms in total. The largest absolute Gasteiger partial charge is 0.394 e. The van der Waals surface area contributed by atoms with Gasteiger partial charge in [0.25, 0.3) is 0 Å². The molecule has 0 aliphatic carbocycles. The molecule has 0 radical (unpaired) electrons. The van der Waals surface area contributed by atoms with Gasteiger partial charge in [0.2, 0.25) is 5.91 Å². The Morgan fingerprint density at radius 2 is 1.76 bits per heavy atom. The molecule has 0 fully saturated rings. The molecule has 0 heterocycles. The Bertz CT molecular complexity index is 515. The van der Waals surface area contributed by atoms with Gasteiger partial charge in [0.05, 0.1) is 12.6 Å². The summed E-state index contributed by atoms with van der Waals surface area (Å²) in [5.74, 6) is -4.79. The molecule has 1 amide bonds. The molecule has 0 aliphatic rings. The summed E-state index contributed by atoms with van der Waals surface area (Å²) in [6.45, 7) is 3.24. The highest BCUT2D eigenvalue weighted by atomic mass is 19.2. The smallest absolute Gasteiger partial charge is 0.244 e. The maximum Gasteiger partial charge on any atom is 0.244 e. The molecule has 1 aromatic carbocycles. The second-order valence-corrected chi connectivity index (χ2v) is 4.55. The van der Waals surface area contributed by atoms with E-state index < -0.39 is 36.0 Å². The van der Waals surface area contributed by atoms with E-state index in [1.54, 1.807) is 0 Å². The van der Waals surface area contributed by atoms with Gasteiger partial charge in [0.15, 0.2) is 17.5 Å². The van der Waals surface area contributed by atoms with Gasteiger partial charge in [-0.05, 0) is 30.5 Å². The fourth-order valence-corrected chi connectivity index (χ4v) is 1.86. The van der Waals surface area contributed by atoms with Crippen LogP contribution in [0.25, 0.3) is 0 Å². The minimum absolute atomic E-state index is 0.0369. The number of hydrogen-bond acceptors (Lipinski definition) is 2. The first-order valence-corrected chi connectivity index (χ1v) is 6.68. The van der Waals surface area contributed by atoms with E-state index in [-0.39, 0.29) is 5.56 Å². The molecule has 0 saturated heterocycles. The molecule has 0 spiro atoms. The number of nitrogens with one attached hydrogen (secondary N) is 1. The maximum atomic E-state index is 13.2. The topological polar surface area (TPSA) is 49.3 Å². The first-order valence-electron chi connectivity index (χ1n) is 6.68. The zero-order valence-electron chi connectivity index (χ0n) is 11.9. The van der Waals surface area contributed by atoms with E-state index in [0.717, 1.165) is 17.7 Å². The fourth-order valence-electron chi connectivity index (χ4n) is 1.86. The van der Waals surface area contributed by atoms with Crippen LogP contribution < -0.4 is 5.32 Å². The molecule has 6 heteroatoms. The first-order chi connectivity index (χ1) is 9.92. The molecule has 0 saturated carbocycles. The summed E-state index contributed by atoms with van der Waals surface area (Å²) < 4.78 is 39.2. The van der Waals surface area contributed by atoms with Crippen molar-refractivity contribution in [2.24, 2.45) is 0 Å². The summed E-state index contributed by atoms with van der Waals surface area (Å²) in [6.07, 6.45) is 2.79. The van der Waals surface area contributed by atoms with Crippen LogP contribution in [0, 0.1) is 17.5 Å². The molecule has 0 aliphatic heterocycles. The van der Waals surface area contributed by atoms with Crippen LogP contribution in [-0.2, 0) is 4.79 Å². The van der Waals surface area contributed by atoms with E-state index in [1.165, 1.54) is 6.08 Å². The van der Waals surface area contributed by atoms with E-state index >= 15 is 0 Å². The van der Waals surface area contributed by atoms with Crippen molar-refractivity contribution in [3.63, 3.8) is 0 Å². The van der Waals surface area contributed by atoms with Crippen molar-refractivity contribution in [3.8, 4) is 0 Å². The van der Waals surface area contributed by atoms with Crippen molar-refractivity contribution >= 4 is 5.91 Å². The molecular weight excluding hydrogens is 283 g/mol. The second-order valence-electron chi connectivity index (χ2n) is 4.55. The number of carbonyl (C=O) groups excluding carboxylic acids is 1. The Kier molecular flexibility index (Phi) is 6.42. The van der Waals surface area contributed by atoms with E-state index in [4.69, 9.17) is 0 Å². The van der Waals surface area contributed by atoms with Gasteiger partial charge in [-0.2, -0.15) is 0 Å². The minimum atomic E-state index is -1.58. The molecule has 2 N–H and O–H groups in total. The lowest BCUT2D eigenvalue weighted by atomic mass is 10.1. The van der Waals surface area contributed by atoms with Gasteiger partial charge in [-0.1, -0.05) is 19.4 Å². The van der Waals surface area contributed by atoms with Crippen molar-refractivity contribution in [1.82, 2.24) is 5.32 Å². The normalized spacial score (nSPS) is 11.9. The summed E-state index contributed by atoms with van der Waals surface area (Å²) in [5, 5.41) is 11.7. The molecular formula is C15H18F3NO2. The molecule has 1 unspecified atom stereocenters. The Morgan fingerprint density at radius 1 is 1.24 bits per heavy atom. The van der Waals surface area contributed by atoms with Crippen molar-refractivity contribution in [3.05, 3.63) is 46.8 Å². The average Bonchev–Trinajstić information content (AvgIpc) is 2.47. The standard InChI is InChI=1S/C15H18F3NO2/c1-3-9(4-2)5-14(21)19-13(8-20)10-6-11(16)15(18)12(17)7-10/h5-7,13,20H,3-4,8H2,1-2H3,(H,19,21). The zero-order valence-corrected chi connectivity index (χ0v) is 11.9. The molecule has 0 aromatic heterocycles. The number of aliphatic hydroxyl groups is 1. The molecule has 1 aromatic rings. The minimum Gasteiger partial charge on any atom is -0.394 e.